The van der Waals surface area contributed by atoms with Crippen molar-refractivity contribution < 1.29 is 28.6 Å². The molecule has 2 unspecified atom stereocenters. The van der Waals surface area contributed by atoms with Crippen LogP contribution in [0.3, 0.4) is 0 Å². The molecule has 0 radical (unpaired) electrons. The molecule has 4 rings (SSSR count). The number of cyclic esters (lactones) is 1. The van der Waals surface area contributed by atoms with Gasteiger partial charge in [-0.15, -0.1) is 0 Å². The van der Waals surface area contributed by atoms with E-state index < -0.39 is 30.0 Å². The van der Waals surface area contributed by atoms with Gasteiger partial charge in [0, 0.05) is 10.7 Å². The largest absolute Gasteiger partial charge is 0.478 e. The molecule has 6 nitrogen and oxygen atoms in total. The van der Waals surface area contributed by atoms with Gasteiger partial charge in [0.2, 0.25) is 6.10 Å². The number of anilines is 1. The van der Waals surface area contributed by atoms with Crippen molar-refractivity contribution in [3.05, 3.63) is 89.2 Å². The molecule has 1 aliphatic rings. The van der Waals surface area contributed by atoms with E-state index in [0.717, 1.165) is 0 Å². The molecular formula is C22H15ClFNO5. The van der Waals surface area contributed by atoms with E-state index in [1.165, 1.54) is 23.1 Å². The molecule has 0 saturated carbocycles. The van der Waals surface area contributed by atoms with Gasteiger partial charge in [0.05, 0.1) is 0 Å². The molecule has 8 heteroatoms. The minimum absolute atomic E-state index is 0.315. The van der Waals surface area contributed by atoms with Gasteiger partial charge in [-0.05, 0) is 66.2 Å². The number of carbonyl (C=O) groups is 2. The van der Waals surface area contributed by atoms with Gasteiger partial charge >= 0.3 is 12.1 Å². The number of carbonyl (C=O) groups excluding carboxylic acids is 1. The lowest BCUT2D eigenvalue weighted by Crippen LogP contribution is -2.32. The Morgan fingerprint density at radius 3 is 2.27 bits per heavy atom. The van der Waals surface area contributed by atoms with Crippen LogP contribution in [0.25, 0.3) is 0 Å². The van der Waals surface area contributed by atoms with Crippen LogP contribution in [0.4, 0.5) is 14.9 Å². The molecule has 1 fully saturated rings. The molecule has 152 valence electrons. The number of hydrogen-bond donors (Lipinski definition) is 1. The van der Waals surface area contributed by atoms with E-state index in [4.69, 9.17) is 21.1 Å². The van der Waals surface area contributed by atoms with Crippen molar-refractivity contribution in [2.24, 2.45) is 0 Å². The minimum Gasteiger partial charge on any atom is -0.478 e. The highest BCUT2D eigenvalue weighted by molar-refractivity contribution is 6.30. The minimum atomic E-state index is -1.47. The lowest BCUT2D eigenvalue weighted by atomic mass is 10.00. The number of carboxylic acid groups (broad SMARTS) is 1. The van der Waals surface area contributed by atoms with Crippen LogP contribution in [0.2, 0.25) is 5.02 Å². The monoisotopic (exact) mass is 427 g/mol. The summed E-state index contributed by atoms with van der Waals surface area (Å²) >= 11 is 5.86. The highest BCUT2D eigenvalue weighted by Crippen LogP contribution is 2.38. The van der Waals surface area contributed by atoms with Crippen molar-refractivity contribution in [1.29, 1.82) is 0 Å². The predicted octanol–water partition coefficient (Wildman–Crippen LogP) is 5.42. The Morgan fingerprint density at radius 2 is 1.67 bits per heavy atom. The van der Waals surface area contributed by atoms with Gasteiger partial charge in [-0.3, -0.25) is 4.90 Å². The highest BCUT2D eigenvalue weighted by Gasteiger charge is 2.47. The van der Waals surface area contributed by atoms with Crippen LogP contribution in [-0.2, 0) is 9.53 Å². The standard InChI is InChI=1S/C22H15ClFNO5/c23-14-4-8-17(9-5-14)29-18-10-6-16(7-11-18)25-19(13-2-1-3-15(24)12-13)20(21(26)27)30-22(25)28/h1-12,19-20H,(H,26,27). The molecule has 0 spiro atoms. The third kappa shape index (κ3) is 3.92. The van der Waals surface area contributed by atoms with Gasteiger partial charge in [0.1, 0.15) is 23.4 Å². The first-order chi connectivity index (χ1) is 14.4. The van der Waals surface area contributed by atoms with Crippen molar-refractivity contribution in [2.75, 3.05) is 4.90 Å². The second-order valence-corrected chi connectivity index (χ2v) is 7.00. The third-order valence-corrected chi connectivity index (χ3v) is 4.84. The maximum absolute atomic E-state index is 13.7. The summed E-state index contributed by atoms with van der Waals surface area (Å²) in [6.07, 6.45) is -2.30. The average molecular weight is 428 g/mol. The van der Waals surface area contributed by atoms with Gasteiger partial charge in [0.25, 0.3) is 0 Å². The summed E-state index contributed by atoms with van der Waals surface area (Å²) in [5, 5.41) is 10.1. The van der Waals surface area contributed by atoms with Crippen LogP contribution >= 0.6 is 11.6 Å². The van der Waals surface area contributed by atoms with Crippen LogP contribution in [-0.4, -0.2) is 23.3 Å². The van der Waals surface area contributed by atoms with Gasteiger partial charge in [-0.1, -0.05) is 23.7 Å². The highest BCUT2D eigenvalue weighted by atomic mass is 35.5. The summed E-state index contributed by atoms with van der Waals surface area (Å²) in [5.41, 5.74) is 0.705. The second kappa shape index (κ2) is 8.04. The zero-order valence-corrected chi connectivity index (χ0v) is 16.1. The first-order valence-electron chi connectivity index (χ1n) is 8.94. The number of nitrogens with zero attached hydrogens (tertiary/aromatic N) is 1. The van der Waals surface area contributed by atoms with Crippen LogP contribution in [0, 0.1) is 5.82 Å². The fourth-order valence-electron chi connectivity index (χ4n) is 3.26. The van der Waals surface area contributed by atoms with E-state index in [-0.39, 0.29) is 0 Å². The Morgan fingerprint density at radius 1 is 1.03 bits per heavy atom. The van der Waals surface area contributed by atoms with Crippen molar-refractivity contribution in [3.63, 3.8) is 0 Å². The average Bonchev–Trinajstić information content (AvgIpc) is 3.08. The molecule has 0 bridgehead atoms. The van der Waals surface area contributed by atoms with E-state index in [0.29, 0.717) is 27.8 Å². The number of benzene rings is 3. The molecule has 1 aliphatic heterocycles. The van der Waals surface area contributed by atoms with E-state index in [9.17, 15) is 19.1 Å². The van der Waals surface area contributed by atoms with Gasteiger partial charge in [0.15, 0.2) is 0 Å². The van der Waals surface area contributed by atoms with Crippen molar-refractivity contribution >= 4 is 29.4 Å². The topological polar surface area (TPSA) is 76.1 Å². The SMILES string of the molecule is O=C(O)C1OC(=O)N(c2ccc(Oc3ccc(Cl)cc3)cc2)C1c1cccc(F)c1. The molecule has 2 atom stereocenters. The summed E-state index contributed by atoms with van der Waals surface area (Å²) in [5.74, 6) is -0.771. The Kier molecular flexibility index (Phi) is 5.29. The normalized spacial score (nSPS) is 18.2. The third-order valence-electron chi connectivity index (χ3n) is 4.59. The molecule has 1 amide bonds. The summed E-state index contributed by atoms with van der Waals surface area (Å²) in [6.45, 7) is 0. The summed E-state index contributed by atoms with van der Waals surface area (Å²) in [4.78, 5) is 25.3. The predicted molar refractivity (Wildman–Crippen MR) is 107 cm³/mol. The van der Waals surface area contributed by atoms with E-state index >= 15 is 0 Å². The number of hydrogen-bond acceptors (Lipinski definition) is 4. The molecule has 0 aliphatic carbocycles. The van der Waals surface area contributed by atoms with Crippen LogP contribution in [0.15, 0.2) is 72.8 Å². The molecule has 1 saturated heterocycles. The number of rotatable bonds is 5. The number of halogens is 2. The van der Waals surface area contributed by atoms with E-state index in [2.05, 4.69) is 0 Å². The zero-order valence-electron chi connectivity index (χ0n) is 15.4. The van der Waals surface area contributed by atoms with Crippen molar-refractivity contribution in [3.8, 4) is 11.5 Å². The Labute approximate surface area is 176 Å². The molecule has 3 aromatic carbocycles. The van der Waals surface area contributed by atoms with Crippen LogP contribution in [0.1, 0.15) is 11.6 Å². The molecule has 1 heterocycles. The second-order valence-electron chi connectivity index (χ2n) is 6.56. The molecule has 30 heavy (non-hydrogen) atoms. The number of ether oxygens (including phenoxy) is 2. The van der Waals surface area contributed by atoms with Crippen LogP contribution < -0.4 is 9.64 Å². The van der Waals surface area contributed by atoms with Crippen molar-refractivity contribution in [1.82, 2.24) is 0 Å². The quantitative estimate of drug-likeness (QED) is 0.588. The lowest BCUT2D eigenvalue weighted by Gasteiger charge is -2.24. The first kappa shape index (κ1) is 19.7. The number of carboxylic acids is 1. The van der Waals surface area contributed by atoms with E-state index in [1.807, 2.05) is 0 Å². The summed E-state index contributed by atoms with van der Waals surface area (Å²) in [6, 6.07) is 17.7. The molecular weight excluding hydrogens is 413 g/mol. The maximum atomic E-state index is 13.7. The molecule has 0 aromatic heterocycles. The fraction of sp³-hybridized carbons (Fsp3) is 0.0909. The summed E-state index contributed by atoms with van der Waals surface area (Å²) in [7, 11) is 0. The van der Waals surface area contributed by atoms with Crippen molar-refractivity contribution in [2.45, 2.75) is 12.1 Å². The van der Waals surface area contributed by atoms with Gasteiger partial charge in [-0.25, -0.2) is 14.0 Å². The lowest BCUT2D eigenvalue weighted by molar-refractivity contribution is -0.146. The smallest absolute Gasteiger partial charge is 0.415 e. The van der Waals surface area contributed by atoms with Gasteiger partial charge in [-0.2, -0.15) is 0 Å². The fourth-order valence-corrected chi connectivity index (χ4v) is 3.38. The molecule has 1 N–H and O–H groups in total. The van der Waals surface area contributed by atoms with Crippen LogP contribution in [0.5, 0.6) is 11.5 Å². The Bertz CT molecular complexity index is 1090. The Balaban J connectivity index is 1.64. The number of aliphatic carboxylic acids is 1. The zero-order chi connectivity index (χ0) is 21.3. The summed E-state index contributed by atoms with van der Waals surface area (Å²) < 4.78 is 24.5. The van der Waals surface area contributed by atoms with E-state index in [1.54, 1.807) is 54.6 Å². The molecule has 3 aromatic rings. The first-order valence-corrected chi connectivity index (χ1v) is 9.32. The van der Waals surface area contributed by atoms with Gasteiger partial charge < -0.3 is 14.6 Å². The Hall–Kier alpha value is -3.58. The maximum Gasteiger partial charge on any atom is 0.415 e. The number of amides is 1.